The van der Waals surface area contributed by atoms with Crippen LogP contribution in [0.2, 0.25) is 0 Å². The van der Waals surface area contributed by atoms with Gasteiger partial charge in [0.15, 0.2) is 23.0 Å². The van der Waals surface area contributed by atoms with E-state index in [4.69, 9.17) is 18.9 Å². The van der Waals surface area contributed by atoms with Gasteiger partial charge < -0.3 is 24.3 Å². The molecule has 3 heterocycles. The molecule has 0 aliphatic carbocycles. The molecule has 0 unspecified atom stereocenters. The summed E-state index contributed by atoms with van der Waals surface area (Å²) in [5.74, 6) is 4.73. The first-order valence-electron chi connectivity index (χ1n) is 14.0. The van der Waals surface area contributed by atoms with Gasteiger partial charge in [0.25, 0.3) is 0 Å². The normalized spacial score (nSPS) is 25.2. The summed E-state index contributed by atoms with van der Waals surface area (Å²) in [4.78, 5) is 2.72. The Labute approximate surface area is 222 Å². The van der Waals surface area contributed by atoms with E-state index in [2.05, 4.69) is 55.3 Å². The van der Waals surface area contributed by atoms with Crippen molar-refractivity contribution >= 4 is 0 Å². The first-order chi connectivity index (χ1) is 17.9. The third kappa shape index (κ3) is 5.15. The summed E-state index contributed by atoms with van der Waals surface area (Å²) in [5, 5.41) is 3.86. The Bertz CT molecular complexity index is 1100. The lowest BCUT2D eigenvalue weighted by molar-refractivity contribution is 0.0434. The summed E-state index contributed by atoms with van der Waals surface area (Å²) >= 11 is 0. The van der Waals surface area contributed by atoms with E-state index in [0.29, 0.717) is 23.9 Å². The van der Waals surface area contributed by atoms with Gasteiger partial charge in [-0.2, -0.15) is 0 Å². The molecule has 2 aromatic carbocycles. The van der Waals surface area contributed by atoms with Crippen LogP contribution in [-0.2, 0) is 12.8 Å². The molecule has 1 N–H and O–H groups in total. The highest BCUT2D eigenvalue weighted by molar-refractivity contribution is 5.51. The van der Waals surface area contributed by atoms with Crippen LogP contribution in [-0.4, -0.2) is 52.0 Å². The minimum absolute atomic E-state index is 0.122. The fourth-order valence-electron chi connectivity index (χ4n) is 6.92. The third-order valence-electron chi connectivity index (χ3n) is 8.79. The first kappa shape index (κ1) is 26.2. The number of fused-ring (bicyclic) bond motifs is 4. The summed E-state index contributed by atoms with van der Waals surface area (Å²) in [6.45, 7) is 9.79. The molecule has 0 amide bonds. The molecular weight excluding hydrogens is 464 g/mol. The summed E-state index contributed by atoms with van der Waals surface area (Å²) in [6, 6.07) is 9.67. The van der Waals surface area contributed by atoms with Crippen LogP contribution in [0.25, 0.3) is 0 Å². The van der Waals surface area contributed by atoms with E-state index in [1.165, 1.54) is 41.6 Å². The smallest absolute Gasteiger partial charge is 0.161 e. The van der Waals surface area contributed by atoms with E-state index < -0.39 is 0 Å². The number of nitrogens with zero attached hydrogens (tertiary/aromatic N) is 1. The average Bonchev–Trinajstić information content (AvgIpc) is 2.91. The van der Waals surface area contributed by atoms with Gasteiger partial charge in [0.05, 0.1) is 27.4 Å². The second-order valence-electron chi connectivity index (χ2n) is 11.2. The van der Waals surface area contributed by atoms with Gasteiger partial charge in [0.1, 0.15) is 0 Å². The zero-order valence-corrected chi connectivity index (χ0v) is 23.4. The van der Waals surface area contributed by atoms with Gasteiger partial charge >= 0.3 is 0 Å². The SMILES string of the molecule is CC[C@H]1CN2CCc3cc(OC)c(OC)cc3[C@@H]2C[C@@H]1C[C@H]1NCCc2cc(OC(C)C)c(OC)cc21. The Balaban J connectivity index is 1.42. The van der Waals surface area contributed by atoms with Crippen molar-refractivity contribution in [3.05, 3.63) is 46.5 Å². The van der Waals surface area contributed by atoms with E-state index in [0.717, 1.165) is 55.4 Å². The summed E-state index contributed by atoms with van der Waals surface area (Å²) in [5.41, 5.74) is 5.62. The summed E-state index contributed by atoms with van der Waals surface area (Å²) < 4.78 is 23.1. The maximum Gasteiger partial charge on any atom is 0.161 e. The molecule has 3 aliphatic heterocycles. The molecule has 0 radical (unpaired) electrons. The lowest BCUT2D eigenvalue weighted by Crippen LogP contribution is -2.46. The number of hydrogen-bond acceptors (Lipinski definition) is 6. The molecule has 6 nitrogen and oxygen atoms in total. The molecule has 1 fully saturated rings. The fourth-order valence-corrected chi connectivity index (χ4v) is 6.92. The van der Waals surface area contributed by atoms with Crippen molar-refractivity contribution in [3.63, 3.8) is 0 Å². The van der Waals surface area contributed by atoms with E-state index in [1.807, 2.05) is 0 Å². The van der Waals surface area contributed by atoms with Crippen molar-refractivity contribution in [2.75, 3.05) is 41.0 Å². The van der Waals surface area contributed by atoms with Crippen LogP contribution in [0.3, 0.4) is 0 Å². The lowest BCUT2D eigenvalue weighted by Gasteiger charge is -2.48. The van der Waals surface area contributed by atoms with Crippen LogP contribution in [0.4, 0.5) is 0 Å². The van der Waals surface area contributed by atoms with Crippen molar-refractivity contribution in [1.82, 2.24) is 10.2 Å². The lowest BCUT2D eigenvalue weighted by atomic mass is 9.72. The van der Waals surface area contributed by atoms with Crippen molar-refractivity contribution in [1.29, 1.82) is 0 Å². The molecule has 1 saturated heterocycles. The highest BCUT2D eigenvalue weighted by Gasteiger charge is 2.40. The number of benzene rings is 2. The molecule has 37 heavy (non-hydrogen) atoms. The number of piperidine rings is 1. The molecule has 2 aromatic rings. The van der Waals surface area contributed by atoms with Gasteiger partial charge in [-0.1, -0.05) is 13.3 Å². The predicted octanol–water partition coefficient (Wildman–Crippen LogP) is 5.72. The average molecular weight is 509 g/mol. The molecule has 0 saturated carbocycles. The van der Waals surface area contributed by atoms with Crippen LogP contribution >= 0.6 is 0 Å². The third-order valence-corrected chi connectivity index (χ3v) is 8.79. The molecular formula is C31H44N2O4. The first-order valence-corrected chi connectivity index (χ1v) is 14.0. The number of methoxy groups -OCH3 is 3. The second-order valence-corrected chi connectivity index (χ2v) is 11.2. The second kappa shape index (κ2) is 11.1. The molecule has 0 aromatic heterocycles. The minimum atomic E-state index is 0.122. The molecule has 6 heteroatoms. The number of nitrogens with one attached hydrogen (secondary N) is 1. The van der Waals surface area contributed by atoms with Crippen molar-refractivity contribution in [2.45, 2.75) is 71.1 Å². The van der Waals surface area contributed by atoms with E-state index in [1.54, 1.807) is 21.3 Å². The standard InChI is InChI=1S/C31H44N2O4/c1-7-20-18-33-11-9-22-14-28(34-4)29(35-5)17-25(22)27(33)13-23(20)12-26-24-16-30(36-6)31(37-19(2)3)15-21(24)8-10-32-26/h14-17,19-20,23,26-27,32H,7-13,18H2,1-6H3/t20-,23-,26+,27-/m0/s1. The molecule has 0 bridgehead atoms. The van der Waals surface area contributed by atoms with Crippen LogP contribution in [0, 0.1) is 11.8 Å². The van der Waals surface area contributed by atoms with Gasteiger partial charge in [-0.15, -0.1) is 0 Å². The number of rotatable bonds is 8. The van der Waals surface area contributed by atoms with E-state index in [-0.39, 0.29) is 6.10 Å². The van der Waals surface area contributed by atoms with E-state index >= 15 is 0 Å². The van der Waals surface area contributed by atoms with Crippen LogP contribution in [0.15, 0.2) is 24.3 Å². The van der Waals surface area contributed by atoms with Crippen molar-refractivity contribution < 1.29 is 18.9 Å². The highest BCUT2D eigenvalue weighted by atomic mass is 16.5. The Morgan fingerprint density at radius 1 is 0.865 bits per heavy atom. The van der Waals surface area contributed by atoms with Gasteiger partial charge in [-0.3, -0.25) is 4.90 Å². The Morgan fingerprint density at radius 2 is 1.51 bits per heavy atom. The molecule has 5 rings (SSSR count). The minimum Gasteiger partial charge on any atom is -0.493 e. The fraction of sp³-hybridized carbons (Fsp3) is 0.613. The largest absolute Gasteiger partial charge is 0.493 e. The van der Waals surface area contributed by atoms with Gasteiger partial charge in [-0.25, -0.2) is 0 Å². The molecule has 202 valence electrons. The van der Waals surface area contributed by atoms with Crippen LogP contribution in [0.1, 0.15) is 74.4 Å². The Hall–Kier alpha value is -2.44. The van der Waals surface area contributed by atoms with Gasteiger partial charge in [-0.05, 0) is 104 Å². The maximum absolute atomic E-state index is 6.08. The maximum atomic E-state index is 6.08. The zero-order valence-electron chi connectivity index (χ0n) is 23.4. The van der Waals surface area contributed by atoms with E-state index in [9.17, 15) is 0 Å². The van der Waals surface area contributed by atoms with Crippen LogP contribution < -0.4 is 24.3 Å². The van der Waals surface area contributed by atoms with Crippen molar-refractivity contribution in [3.8, 4) is 23.0 Å². The van der Waals surface area contributed by atoms with Crippen LogP contribution in [0.5, 0.6) is 23.0 Å². The van der Waals surface area contributed by atoms with Crippen molar-refractivity contribution in [2.24, 2.45) is 11.8 Å². The Kier molecular flexibility index (Phi) is 7.87. The summed E-state index contributed by atoms with van der Waals surface area (Å²) in [7, 11) is 5.20. The predicted molar refractivity (Wildman–Crippen MR) is 147 cm³/mol. The van der Waals surface area contributed by atoms with Gasteiger partial charge in [0, 0.05) is 25.2 Å². The summed E-state index contributed by atoms with van der Waals surface area (Å²) in [6.07, 6.45) is 5.77. The number of hydrogen-bond donors (Lipinski definition) is 1. The quantitative estimate of drug-likeness (QED) is 0.492. The molecule has 4 atom stereocenters. The topological polar surface area (TPSA) is 52.2 Å². The molecule has 3 aliphatic rings. The highest BCUT2D eigenvalue weighted by Crippen LogP contribution is 2.48. The van der Waals surface area contributed by atoms with Gasteiger partial charge in [0.2, 0.25) is 0 Å². The Morgan fingerprint density at radius 3 is 2.22 bits per heavy atom. The monoisotopic (exact) mass is 508 g/mol. The molecule has 0 spiro atoms. The number of ether oxygens (including phenoxy) is 4. The zero-order chi connectivity index (χ0) is 26.1.